The summed E-state index contributed by atoms with van der Waals surface area (Å²) in [6.07, 6.45) is 12.6. The van der Waals surface area contributed by atoms with Crippen molar-refractivity contribution >= 4 is 0 Å². The third-order valence-electron chi connectivity index (χ3n) is 5.86. The molecule has 1 aliphatic carbocycles. The predicted octanol–water partition coefficient (Wildman–Crippen LogP) is 4.20. The molecular formula is C18H36N2. The lowest BCUT2D eigenvalue weighted by Crippen LogP contribution is -2.63. The molecule has 0 bridgehead atoms. The molecule has 2 fully saturated rings. The van der Waals surface area contributed by atoms with Crippen LogP contribution in [0.3, 0.4) is 0 Å². The summed E-state index contributed by atoms with van der Waals surface area (Å²) in [5, 5.41) is 3.96. The van der Waals surface area contributed by atoms with Gasteiger partial charge < -0.3 is 5.32 Å². The van der Waals surface area contributed by atoms with Crippen LogP contribution in [0.2, 0.25) is 0 Å². The van der Waals surface area contributed by atoms with Crippen molar-refractivity contribution in [1.29, 1.82) is 0 Å². The van der Waals surface area contributed by atoms with Gasteiger partial charge in [0.15, 0.2) is 0 Å². The maximum absolute atomic E-state index is 3.96. The zero-order chi connectivity index (χ0) is 14.4. The molecule has 118 valence electrons. The van der Waals surface area contributed by atoms with E-state index in [1.807, 2.05) is 0 Å². The number of hydrogen-bond acceptors (Lipinski definition) is 2. The summed E-state index contributed by atoms with van der Waals surface area (Å²) in [4.78, 5) is 2.89. The normalized spacial score (nSPS) is 26.6. The third kappa shape index (κ3) is 3.39. The van der Waals surface area contributed by atoms with E-state index in [-0.39, 0.29) is 0 Å². The van der Waals surface area contributed by atoms with Crippen molar-refractivity contribution in [3.8, 4) is 0 Å². The van der Waals surface area contributed by atoms with E-state index in [0.29, 0.717) is 11.6 Å². The van der Waals surface area contributed by atoms with Crippen LogP contribution in [0.1, 0.15) is 78.6 Å². The van der Waals surface area contributed by atoms with Gasteiger partial charge in [-0.25, -0.2) is 0 Å². The molecule has 1 aliphatic heterocycles. The summed E-state index contributed by atoms with van der Waals surface area (Å²) in [6, 6.07) is 0.702. The minimum atomic E-state index is 0.477. The Kier molecular flexibility index (Phi) is 6.35. The lowest BCUT2D eigenvalue weighted by Gasteiger charge is -2.50. The van der Waals surface area contributed by atoms with E-state index < -0.39 is 0 Å². The monoisotopic (exact) mass is 280 g/mol. The summed E-state index contributed by atoms with van der Waals surface area (Å²) in [7, 11) is 0. The molecule has 20 heavy (non-hydrogen) atoms. The first kappa shape index (κ1) is 16.3. The number of likely N-dealkylation sites (tertiary alicyclic amines) is 1. The van der Waals surface area contributed by atoms with Crippen LogP contribution in [0.5, 0.6) is 0 Å². The topological polar surface area (TPSA) is 15.3 Å². The van der Waals surface area contributed by atoms with E-state index in [9.17, 15) is 0 Å². The van der Waals surface area contributed by atoms with Crippen LogP contribution < -0.4 is 5.32 Å². The van der Waals surface area contributed by atoms with Crippen molar-refractivity contribution in [2.45, 2.75) is 90.1 Å². The maximum Gasteiger partial charge on any atom is 0.0365 e. The van der Waals surface area contributed by atoms with Gasteiger partial charge in [0.05, 0.1) is 0 Å². The van der Waals surface area contributed by atoms with E-state index in [4.69, 9.17) is 0 Å². The van der Waals surface area contributed by atoms with Crippen molar-refractivity contribution in [3.63, 3.8) is 0 Å². The highest BCUT2D eigenvalue weighted by molar-refractivity contribution is 5.05. The van der Waals surface area contributed by atoms with Crippen LogP contribution in [0.4, 0.5) is 0 Å². The molecule has 0 aromatic rings. The molecular weight excluding hydrogens is 244 g/mol. The molecule has 1 heterocycles. The van der Waals surface area contributed by atoms with Gasteiger partial charge in [0.2, 0.25) is 0 Å². The molecule has 0 radical (unpaired) electrons. The molecule has 0 aromatic carbocycles. The smallest absolute Gasteiger partial charge is 0.0365 e. The first-order chi connectivity index (χ1) is 9.74. The first-order valence-electron chi connectivity index (χ1n) is 9.23. The van der Waals surface area contributed by atoms with Gasteiger partial charge in [-0.3, -0.25) is 4.90 Å². The largest absolute Gasteiger partial charge is 0.312 e. The Morgan fingerprint density at radius 2 is 1.65 bits per heavy atom. The number of nitrogens with one attached hydrogen (secondary N) is 1. The second-order valence-corrected chi connectivity index (χ2v) is 7.18. The maximum atomic E-state index is 3.96. The molecule has 2 rings (SSSR count). The van der Waals surface area contributed by atoms with Crippen molar-refractivity contribution in [2.75, 3.05) is 19.6 Å². The van der Waals surface area contributed by atoms with Crippen molar-refractivity contribution in [3.05, 3.63) is 0 Å². The fourth-order valence-electron chi connectivity index (χ4n) is 4.61. The van der Waals surface area contributed by atoms with Gasteiger partial charge in [-0.15, -0.1) is 0 Å². The quantitative estimate of drug-likeness (QED) is 0.752. The van der Waals surface area contributed by atoms with Gasteiger partial charge in [0, 0.05) is 11.6 Å². The third-order valence-corrected chi connectivity index (χ3v) is 5.86. The lowest BCUT2D eigenvalue weighted by atomic mass is 9.77. The number of nitrogens with zero attached hydrogens (tertiary/aromatic N) is 1. The van der Waals surface area contributed by atoms with Crippen LogP contribution in [0.15, 0.2) is 0 Å². The number of piperidine rings is 1. The molecule has 1 N–H and O–H groups in total. The van der Waals surface area contributed by atoms with E-state index in [1.54, 1.807) is 0 Å². The second kappa shape index (κ2) is 7.79. The SMILES string of the molecule is CCCNC(C(C)CC)C1(N2CCCCC2)CCCC1. The molecule has 2 nitrogen and oxygen atoms in total. The van der Waals surface area contributed by atoms with Gasteiger partial charge in [-0.2, -0.15) is 0 Å². The molecule has 0 aromatic heterocycles. The fourth-order valence-corrected chi connectivity index (χ4v) is 4.61. The lowest BCUT2D eigenvalue weighted by molar-refractivity contribution is 0.0188. The van der Waals surface area contributed by atoms with Gasteiger partial charge in [0.25, 0.3) is 0 Å². The van der Waals surface area contributed by atoms with Gasteiger partial charge in [-0.1, -0.05) is 46.5 Å². The van der Waals surface area contributed by atoms with E-state index >= 15 is 0 Å². The van der Waals surface area contributed by atoms with Gasteiger partial charge >= 0.3 is 0 Å². The highest BCUT2D eigenvalue weighted by Gasteiger charge is 2.47. The molecule has 1 saturated carbocycles. The Morgan fingerprint density at radius 1 is 1.00 bits per heavy atom. The highest BCUT2D eigenvalue weighted by atomic mass is 15.2. The molecule has 1 saturated heterocycles. The standard InChI is InChI=1S/C18H36N2/c1-4-13-19-17(16(3)5-2)18(11-7-8-12-18)20-14-9-6-10-15-20/h16-17,19H,4-15H2,1-3H3. The Balaban J connectivity index is 2.17. The highest BCUT2D eigenvalue weighted by Crippen LogP contribution is 2.42. The van der Waals surface area contributed by atoms with Crippen LogP contribution in [-0.2, 0) is 0 Å². The Morgan fingerprint density at radius 3 is 2.20 bits per heavy atom. The van der Waals surface area contributed by atoms with Crippen molar-refractivity contribution < 1.29 is 0 Å². The molecule has 2 aliphatic rings. The minimum Gasteiger partial charge on any atom is -0.312 e. The van der Waals surface area contributed by atoms with Crippen LogP contribution in [0, 0.1) is 5.92 Å². The Labute approximate surface area is 126 Å². The Bertz CT molecular complexity index is 265. The van der Waals surface area contributed by atoms with Crippen molar-refractivity contribution in [2.24, 2.45) is 5.92 Å². The average molecular weight is 280 g/mol. The predicted molar refractivity (Wildman–Crippen MR) is 88.2 cm³/mol. The second-order valence-electron chi connectivity index (χ2n) is 7.18. The number of rotatable bonds is 7. The van der Waals surface area contributed by atoms with Crippen LogP contribution in [-0.4, -0.2) is 36.1 Å². The zero-order valence-electron chi connectivity index (χ0n) is 14.1. The van der Waals surface area contributed by atoms with Crippen LogP contribution >= 0.6 is 0 Å². The van der Waals surface area contributed by atoms with Gasteiger partial charge in [0.1, 0.15) is 0 Å². The summed E-state index contributed by atoms with van der Waals surface area (Å²) in [5.41, 5.74) is 0.477. The molecule has 0 spiro atoms. The van der Waals surface area contributed by atoms with E-state index in [2.05, 4.69) is 31.0 Å². The molecule has 2 heteroatoms. The molecule has 0 amide bonds. The fraction of sp³-hybridized carbons (Fsp3) is 1.00. The van der Waals surface area contributed by atoms with E-state index in [1.165, 1.54) is 77.4 Å². The molecule has 2 atom stereocenters. The summed E-state index contributed by atoms with van der Waals surface area (Å²) >= 11 is 0. The Hall–Kier alpha value is -0.0800. The summed E-state index contributed by atoms with van der Waals surface area (Å²) < 4.78 is 0. The van der Waals surface area contributed by atoms with E-state index in [0.717, 1.165) is 5.92 Å². The zero-order valence-corrected chi connectivity index (χ0v) is 14.1. The minimum absolute atomic E-state index is 0.477. The van der Waals surface area contributed by atoms with Gasteiger partial charge in [-0.05, 0) is 57.7 Å². The summed E-state index contributed by atoms with van der Waals surface area (Å²) in [6.45, 7) is 11.0. The summed E-state index contributed by atoms with van der Waals surface area (Å²) in [5.74, 6) is 0.793. The first-order valence-corrected chi connectivity index (χ1v) is 9.23. The molecule has 2 unspecified atom stereocenters. The number of hydrogen-bond donors (Lipinski definition) is 1. The van der Waals surface area contributed by atoms with Crippen molar-refractivity contribution in [1.82, 2.24) is 10.2 Å². The van der Waals surface area contributed by atoms with Crippen LogP contribution in [0.25, 0.3) is 0 Å². The average Bonchev–Trinajstić information content (AvgIpc) is 2.99.